The molecule has 2 aromatic rings. The summed E-state index contributed by atoms with van der Waals surface area (Å²) in [6, 6.07) is 10.8. The number of piperazine rings is 1. The van der Waals surface area contributed by atoms with E-state index in [1.807, 2.05) is 17.0 Å². The first-order chi connectivity index (χ1) is 14.4. The van der Waals surface area contributed by atoms with Gasteiger partial charge < -0.3 is 10.2 Å². The summed E-state index contributed by atoms with van der Waals surface area (Å²) in [4.78, 5) is 20.6. The first-order valence-electron chi connectivity index (χ1n) is 10.3. The van der Waals surface area contributed by atoms with E-state index in [1.165, 1.54) is 17.2 Å². The van der Waals surface area contributed by atoms with Crippen molar-refractivity contribution in [3.63, 3.8) is 0 Å². The van der Waals surface area contributed by atoms with Crippen LogP contribution in [0.15, 0.2) is 42.6 Å². The molecule has 1 saturated heterocycles. The highest BCUT2D eigenvalue weighted by atomic mass is 19.4. The van der Waals surface area contributed by atoms with Gasteiger partial charge in [0.15, 0.2) is 0 Å². The molecule has 1 amide bonds. The molecule has 0 spiro atoms. The standard InChI is InChI=1S/C22H25F3N4O/c23-22(24,25)17-8-9-20(26-14-17)29-12-10-28(11-13-29)15-21(30)27-19-7-3-5-16-4-1-2-6-18(16)19/h1-2,4,6,8-9,14,19H,3,5,7,10-13,15H2,(H,27,30)/t19-/m1/s1. The van der Waals surface area contributed by atoms with Crippen molar-refractivity contribution in [2.24, 2.45) is 0 Å². The van der Waals surface area contributed by atoms with Gasteiger partial charge in [0.2, 0.25) is 5.91 Å². The van der Waals surface area contributed by atoms with E-state index < -0.39 is 11.7 Å². The number of amides is 1. The maximum Gasteiger partial charge on any atom is 0.417 e. The number of carbonyl (C=O) groups excluding carboxylic acids is 1. The largest absolute Gasteiger partial charge is 0.417 e. The Morgan fingerprint density at radius 1 is 1.10 bits per heavy atom. The average Bonchev–Trinajstić information content (AvgIpc) is 2.74. The zero-order chi connectivity index (χ0) is 21.1. The number of hydrogen-bond acceptors (Lipinski definition) is 4. The van der Waals surface area contributed by atoms with E-state index in [-0.39, 0.29) is 11.9 Å². The van der Waals surface area contributed by atoms with Crippen LogP contribution in [-0.4, -0.2) is 48.5 Å². The summed E-state index contributed by atoms with van der Waals surface area (Å²) in [5.41, 5.74) is 1.79. The molecular weight excluding hydrogens is 393 g/mol. The minimum Gasteiger partial charge on any atom is -0.354 e. The van der Waals surface area contributed by atoms with Gasteiger partial charge in [0.1, 0.15) is 5.82 Å². The third-order valence-corrected chi connectivity index (χ3v) is 5.84. The number of carbonyl (C=O) groups is 1. The normalized spacial score (nSPS) is 20.0. The number of aromatic nitrogens is 1. The van der Waals surface area contributed by atoms with Crippen molar-refractivity contribution in [2.75, 3.05) is 37.6 Å². The summed E-state index contributed by atoms with van der Waals surface area (Å²) in [6.45, 7) is 2.90. The van der Waals surface area contributed by atoms with Crippen LogP contribution < -0.4 is 10.2 Å². The van der Waals surface area contributed by atoms with Gasteiger partial charge in [-0.3, -0.25) is 9.69 Å². The maximum atomic E-state index is 12.7. The van der Waals surface area contributed by atoms with E-state index >= 15 is 0 Å². The molecule has 0 radical (unpaired) electrons. The Morgan fingerprint density at radius 2 is 1.87 bits per heavy atom. The van der Waals surface area contributed by atoms with Gasteiger partial charge in [0.05, 0.1) is 18.2 Å². The van der Waals surface area contributed by atoms with Gasteiger partial charge in [-0.2, -0.15) is 13.2 Å². The molecule has 1 aromatic heterocycles. The van der Waals surface area contributed by atoms with Gasteiger partial charge in [-0.25, -0.2) is 4.98 Å². The van der Waals surface area contributed by atoms with Gasteiger partial charge in [-0.1, -0.05) is 24.3 Å². The number of aryl methyl sites for hydroxylation is 1. The molecule has 0 bridgehead atoms. The maximum absolute atomic E-state index is 12.7. The Kier molecular flexibility index (Phi) is 5.94. The summed E-state index contributed by atoms with van der Waals surface area (Å²) in [5.74, 6) is 0.545. The lowest BCUT2D eigenvalue weighted by Crippen LogP contribution is -2.50. The van der Waals surface area contributed by atoms with Crippen LogP contribution in [0, 0.1) is 0 Å². The Labute approximate surface area is 173 Å². The number of rotatable bonds is 4. The number of hydrogen-bond donors (Lipinski definition) is 1. The van der Waals surface area contributed by atoms with Crippen molar-refractivity contribution < 1.29 is 18.0 Å². The summed E-state index contributed by atoms with van der Waals surface area (Å²) in [6.07, 6.45) is -0.424. The van der Waals surface area contributed by atoms with E-state index in [2.05, 4.69) is 27.3 Å². The highest BCUT2D eigenvalue weighted by Gasteiger charge is 2.31. The van der Waals surface area contributed by atoms with Crippen LogP contribution in [0.25, 0.3) is 0 Å². The predicted molar refractivity (Wildman–Crippen MR) is 108 cm³/mol. The molecule has 0 saturated carbocycles. The van der Waals surface area contributed by atoms with Gasteiger partial charge in [0.25, 0.3) is 0 Å². The molecule has 1 fully saturated rings. The summed E-state index contributed by atoms with van der Waals surface area (Å²) in [5, 5.41) is 3.17. The lowest BCUT2D eigenvalue weighted by Gasteiger charge is -2.35. The van der Waals surface area contributed by atoms with E-state index in [9.17, 15) is 18.0 Å². The number of benzene rings is 1. The predicted octanol–water partition coefficient (Wildman–Crippen LogP) is 3.42. The number of halogens is 3. The van der Waals surface area contributed by atoms with E-state index in [1.54, 1.807) is 0 Å². The van der Waals surface area contributed by atoms with Crippen LogP contribution in [0.5, 0.6) is 0 Å². The van der Waals surface area contributed by atoms with E-state index in [4.69, 9.17) is 0 Å². The Morgan fingerprint density at radius 3 is 2.57 bits per heavy atom. The number of alkyl halides is 3. The third kappa shape index (κ3) is 4.75. The average molecular weight is 418 g/mol. The van der Waals surface area contributed by atoms with Gasteiger partial charge in [0, 0.05) is 32.4 Å². The second-order valence-electron chi connectivity index (χ2n) is 7.88. The number of nitrogens with zero attached hydrogens (tertiary/aromatic N) is 3. The number of pyridine rings is 1. The minimum atomic E-state index is -4.38. The fourth-order valence-electron chi connectivity index (χ4n) is 4.22. The van der Waals surface area contributed by atoms with E-state index in [0.29, 0.717) is 38.5 Å². The van der Waals surface area contributed by atoms with Crippen LogP contribution in [-0.2, 0) is 17.4 Å². The molecule has 2 heterocycles. The quantitative estimate of drug-likeness (QED) is 0.827. The smallest absolute Gasteiger partial charge is 0.354 e. The fourth-order valence-corrected chi connectivity index (χ4v) is 4.22. The zero-order valence-electron chi connectivity index (χ0n) is 16.7. The second kappa shape index (κ2) is 8.63. The molecule has 160 valence electrons. The van der Waals surface area contributed by atoms with Crippen molar-refractivity contribution in [1.82, 2.24) is 15.2 Å². The molecule has 4 rings (SSSR count). The van der Waals surface area contributed by atoms with Crippen molar-refractivity contribution in [3.05, 3.63) is 59.3 Å². The second-order valence-corrected chi connectivity index (χ2v) is 7.88. The summed E-state index contributed by atoms with van der Waals surface area (Å²) >= 11 is 0. The van der Waals surface area contributed by atoms with Crippen LogP contribution >= 0.6 is 0 Å². The lowest BCUT2D eigenvalue weighted by molar-refractivity contribution is -0.137. The molecule has 1 atom stereocenters. The van der Waals surface area contributed by atoms with Crippen LogP contribution in [0.3, 0.4) is 0 Å². The van der Waals surface area contributed by atoms with Crippen molar-refractivity contribution in [2.45, 2.75) is 31.5 Å². The zero-order valence-corrected chi connectivity index (χ0v) is 16.7. The fraction of sp³-hybridized carbons (Fsp3) is 0.455. The molecule has 30 heavy (non-hydrogen) atoms. The third-order valence-electron chi connectivity index (χ3n) is 5.84. The Bertz CT molecular complexity index is 877. The van der Waals surface area contributed by atoms with Crippen LogP contribution in [0.2, 0.25) is 0 Å². The summed E-state index contributed by atoms with van der Waals surface area (Å²) in [7, 11) is 0. The van der Waals surface area contributed by atoms with Crippen molar-refractivity contribution >= 4 is 11.7 Å². The highest BCUT2D eigenvalue weighted by Crippen LogP contribution is 2.30. The lowest BCUT2D eigenvalue weighted by atomic mass is 9.88. The van der Waals surface area contributed by atoms with E-state index in [0.717, 1.165) is 31.5 Å². The molecule has 5 nitrogen and oxygen atoms in total. The summed E-state index contributed by atoms with van der Waals surface area (Å²) < 4.78 is 38.1. The van der Waals surface area contributed by atoms with Crippen LogP contribution in [0.1, 0.15) is 35.6 Å². The molecule has 8 heteroatoms. The SMILES string of the molecule is O=C(CN1CCN(c2ccc(C(F)(F)F)cn2)CC1)N[C@@H]1CCCc2ccccc21. The first kappa shape index (κ1) is 20.7. The molecular formula is C22H25F3N4O. The topological polar surface area (TPSA) is 48.5 Å². The van der Waals surface area contributed by atoms with Gasteiger partial charge >= 0.3 is 6.18 Å². The first-order valence-corrected chi connectivity index (χ1v) is 10.3. The molecule has 1 aliphatic carbocycles. The Hall–Kier alpha value is -2.61. The van der Waals surface area contributed by atoms with Crippen LogP contribution in [0.4, 0.5) is 19.0 Å². The number of fused-ring (bicyclic) bond motifs is 1. The highest BCUT2D eigenvalue weighted by molar-refractivity contribution is 5.78. The van der Waals surface area contributed by atoms with Gasteiger partial charge in [-0.15, -0.1) is 0 Å². The molecule has 1 aromatic carbocycles. The van der Waals surface area contributed by atoms with Gasteiger partial charge in [-0.05, 0) is 42.5 Å². The number of nitrogens with one attached hydrogen (secondary N) is 1. The molecule has 1 aliphatic heterocycles. The monoisotopic (exact) mass is 418 g/mol. The molecule has 0 unspecified atom stereocenters. The Balaban J connectivity index is 1.27. The molecule has 1 N–H and O–H groups in total. The number of anilines is 1. The van der Waals surface area contributed by atoms with Crippen molar-refractivity contribution in [1.29, 1.82) is 0 Å². The van der Waals surface area contributed by atoms with Crippen molar-refractivity contribution in [3.8, 4) is 0 Å². The molecule has 2 aliphatic rings. The minimum absolute atomic E-state index is 0.0119.